The van der Waals surface area contributed by atoms with Crippen LogP contribution in [0.3, 0.4) is 0 Å². The van der Waals surface area contributed by atoms with Crippen LogP contribution in [0.5, 0.6) is 0 Å². The maximum Gasteiger partial charge on any atom is 0.0658 e. The molecule has 0 amide bonds. The van der Waals surface area contributed by atoms with Gasteiger partial charge < -0.3 is 17.0 Å². The summed E-state index contributed by atoms with van der Waals surface area (Å²) < 4.78 is 0. The topological polar surface area (TPSA) is 0 Å². The van der Waals surface area contributed by atoms with Gasteiger partial charge in [-0.2, -0.15) is 0 Å². The van der Waals surface area contributed by atoms with E-state index in [1.54, 1.807) is 0 Å². The lowest BCUT2D eigenvalue weighted by Crippen LogP contribution is -3.00. The molecule has 0 aromatic heterocycles. The molecule has 0 saturated heterocycles. The third-order valence-electron chi connectivity index (χ3n) is 3.80. The van der Waals surface area contributed by atoms with Crippen molar-refractivity contribution < 1.29 is 17.0 Å². The van der Waals surface area contributed by atoms with Crippen molar-refractivity contribution in [3.8, 4) is 0 Å². The highest BCUT2D eigenvalue weighted by Crippen LogP contribution is 2.63. The molecule has 0 bridgehead atoms. The number of benzene rings is 1. The molecule has 0 unspecified atom stereocenters. The Kier molecular flexibility index (Phi) is 11.3. The number of halogens is 1. The van der Waals surface area contributed by atoms with E-state index in [0.29, 0.717) is 0 Å². The van der Waals surface area contributed by atoms with E-state index < -0.39 is 7.26 Å². The Morgan fingerprint density at radius 1 is 0.955 bits per heavy atom. The highest BCUT2D eigenvalue weighted by atomic mass is 79.9. The van der Waals surface area contributed by atoms with Gasteiger partial charge in [-0.15, -0.1) is 0 Å². The summed E-state index contributed by atoms with van der Waals surface area (Å²) in [5.41, 5.74) is 1.35. The first kappa shape index (κ1) is 21.9. The van der Waals surface area contributed by atoms with Crippen molar-refractivity contribution in [1.29, 1.82) is 0 Å². The van der Waals surface area contributed by atoms with E-state index in [1.165, 1.54) is 36.9 Å². The minimum Gasteiger partial charge on any atom is -1.00 e. The average molecular weight is 385 g/mol. The molecular weight excluding hydrogens is 351 g/mol. The van der Waals surface area contributed by atoms with Crippen LogP contribution in [0.4, 0.5) is 0 Å². The Hall–Kier alpha value is -0.130. The summed E-state index contributed by atoms with van der Waals surface area (Å²) in [6, 6.07) is 10.8. The maximum atomic E-state index is 2.64. The molecule has 0 heterocycles. The molecular formula is C20H34BrP. The summed E-state index contributed by atoms with van der Waals surface area (Å²) in [5, 5.41) is 0. The van der Waals surface area contributed by atoms with Crippen LogP contribution in [0.25, 0.3) is 6.08 Å². The van der Waals surface area contributed by atoms with Gasteiger partial charge in [0.25, 0.3) is 0 Å². The van der Waals surface area contributed by atoms with Gasteiger partial charge in [-0.05, 0) is 29.9 Å². The molecule has 1 aromatic rings. The van der Waals surface area contributed by atoms with Gasteiger partial charge in [-0.25, -0.2) is 0 Å². The van der Waals surface area contributed by atoms with Gasteiger partial charge in [-0.3, -0.25) is 0 Å². The van der Waals surface area contributed by atoms with Crippen molar-refractivity contribution in [1.82, 2.24) is 0 Å². The predicted molar refractivity (Wildman–Crippen MR) is 102 cm³/mol. The Bertz CT molecular complexity index is 399. The molecule has 0 saturated carbocycles. The van der Waals surface area contributed by atoms with E-state index in [4.69, 9.17) is 0 Å². The van der Waals surface area contributed by atoms with Crippen molar-refractivity contribution in [2.24, 2.45) is 11.8 Å². The first-order valence-electron chi connectivity index (χ1n) is 8.57. The number of rotatable bonds is 9. The highest BCUT2D eigenvalue weighted by molar-refractivity contribution is 7.79. The summed E-state index contributed by atoms with van der Waals surface area (Å²) in [7, 11) is -0.971. The monoisotopic (exact) mass is 384 g/mol. The van der Waals surface area contributed by atoms with Gasteiger partial charge in [-0.1, -0.05) is 71.4 Å². The van der Waals surface area contributed by atoms with Gasteiger partial charge in [0.1, 0.15) is 0 Å². The molecule has 22 heavy (non-hydrogen) atoms. The molecule has 0 nitrogen and oxygen atoms in total. The van der Waals surface area contributed by atoms with E-state index in [9.17, 15) is 0 Å². The van der Waals surface area contributed by atoms with Crippen LogP contribution in [0.1, 0.15) is 53.0 Å². The van der Waals surface area contributed by atoms with Crippen molar-refractivity contribution in [2.75, 3.05) is 18.5 Å². The molecule has 0 fully saturated rings. The van der Waals surface area contributed by atoms with E-state index >= 15 is 0 Å². The van der Waals surface area contributed by atoms with Crippen molar-refractivity contribution in [2.45, 2.75) is 47.5 Å². The zero-order chi connectivity index (χ0) is 15.7. The number of hydrogen-bond acceptors (Lipinski definition) is 0. The Morgan fingerprint density at radius 2 is 1.50 bits per heavy atom. The first-order chi connectivity index (χ1) is 9.97. The molecule has 1 rings (SSSR count). The molecule has 0 aliphatic carbocycles. The minimum atomic E-state index is -0.971. The van der Waals surface area contributed by atoms with Crippen molar-refractivity contribution in [3.63, 3.8) is 0 Å². The van der Waals surface area contributed by atoms with Crippen LogP contribution in [0, 0.1) is 11.8 Å². The lowest BCUT2D eigenvalue weighted by atomic mass is 10.2. The van der Waals surface area contributed by atoms with Gasteiger partial charge >= 0.3 is 0 Å². The SMILES string of the molecule is CCCC[P+](C=Cc1ccccc1)(CC(C)C)CC(C)C.[Br-]. The van der Waals surface area contributed by atoms with Crippen LogP contribution in [0.15, 0.2) is 36.1 Å². The second kappa shape index (κ2) is 11.4. The maximum absolute atomic E-state index is 2.64. The summed E-state index contributed by atoms with van der Waals surface area (Å²) in [6.45, 7) is 11.9. The predicted octanol–water partition coefficient (Wildman–Crippen LogP) is 3.79. The third kappa shape index (κ3) is 8.49. The van der Waals surface area contributed by atoms with E-state index in [1.807, 2.05) is 0 Å². The summed E-state index contributed by atoms with van der Waals surface area (Å²) in [5.74, 6) is 4.24. The lowest BCUT2D eigenvalue weighted by molar-refractivity contribution is -0.00000496. The van der Waals surface area contributed by atoms with Gasteiger partial charge in [0.2, 0.25) is 0 Å². The quantitative estimate of drug-likeness (QED) is 0.568. The molecule has 0 aliphatic heterocycles. The van der Waals surface area contributed by atoms with Gasteiger partial charge in [0.15, 0.2) is 0 Å². The Morgan fingerprint density at radius 3 is 1.95 bits per heavy atom. The van der Waals surface area contributed by atoms with Crippen LogP contribution >= 0.6 is 7.26 Å². The lowest BCUT2D eigenvalue weighted by Gasteiger charge is -2.27. The molecule has 1 aromatic carbocycles. The second-order valence-corrected chi connectivity index (χ2v) is 11.1. The second-order valence-electron chi connectivity index (χ2n) is 7.17. The molecule has 0 aliphatic rings. The fraction of sp³-hybridized carbons (Fsp3) is 0.600. The summed E-state index contributed by atoms with van der Waals surface area (Å²) >= 11 is 0. The van der Waals surface area contributed by atoms with E-state index in [2.05, 4.69) is 76.8 Å². The van der Waals surface area contributed by atoms with Gasteiger partial charge in [0, 0.05) is 7.26 Å². The van der Waals surface area contributed by atoms with Crippen LogP contribution in [0.2, 0.25) is 0 Å². The zero-order valence-corrected chi connectivity index (χ0v) is 17.5. The molecule has 0 spiro atoms. The minimum absolute atomic E-state index is 0. The first-order valence-corrected chi connectivity index (χ1v) is 11.0. The molecule has 0 N–H and O–H groups in total. The average Bonchev–Trinajstić information content (AvgIpc) is 2.43. The van der Waals surface area contributed by atoms with Gasteiger partial charge in [0.05, 0.1) is 24.3 Å². The number of hydrogen-bond donors (Lipinski definition) is 0. The van der Waals surface area contributed by atoms with E-state index in [0.717, 1.165) is 11.8 Å². The normalized spacial score (nSPS) is 12.1. The third-order valence-corrected chi connectivity index (χ3v) is 8.70. The fourth-order valence-corrected chi connectivity index (χ4v) is 8.44. The summed E-state index contributed by atoms with van der Waals surface area (Å²) in [4.78, 5) is 0. The summed E-state index contributed by atoms with van der Waals surface area (Å²) in [6.07, 6.45) is 9.35. The highest BCUT2D eigenvalue weighted by Gasteiger charge is 2.35. The molecule has 126 valence electrons. The number of unbranched alkanes of at least 4 members (excludes halogenated alkanes) is 1. The Balaban J connectivity index is 0.00000441. The Labute approximate surface area is 149 Å². The largest absolute Gasteiger partial charge is 1.00 e. The van der Waals surface area contributed by atoms with Crippen molar-refractivity contribution >= 4 is 13.3 Å². The molecule has 0 radical (unpaired) electrons. The van der Waals surface area contributed by atoms with Crippen LogP contribution in [-0.2, 0) is 0 Å². The van der Waals surface area contributed by atoms with Crippen LogP contribution in [-0.4, -0.2) is 18.5 Å². The smallest absolute Gasteiger partial charge is 0.0658 e. The fourth-order valence-electron chi connectivity index (χ4n) is 3.19. The van der Waals surface area contributed by atoms with E-state index in [-0.39, 0.29) is 17.0 Å². The van der Waals surface area contributed by atoms with Crippen LogP contribution < -0.4 is 17.0 Å². The molecule has 0 atom stereocenters. The zero-order valence-electron chi connectivity index (χ0n) is 15.1. The van der Waals surface area contributed by atoms with Crippen molar-refractivity contribution in [3.05, 3.63) is 41.7 Å². The standard InChI is InChI=1S/C20H34P.BrH/c1-6-7-14-21(16-18(2)3,17-19(4)5)15-13-20-11-9-8-10-12-20;/h8-13,15,18-19H,6-7,14,16-17H2,1-5H3;1H/q+1;/p-1. The molecule has 2 heteroatoms.